The number of carbonyl (C=O) groups is 1. The first-order chi connectivity index (χ1) is 8.80. The van der Waals surface area contributed by atoms with Crippen LogP contribution >= 0.6 is 11.8 Å². The highest BCUT2D eigenvalue weighted by atomic mass is 32.2. The molecular weight excluding hydrogens is 260 g/mol. The average Bonchev–Trinajstić information content (AvgIpc) is 2.33. The van der Waals surface area contributed by atoms with Gasteiger partial charge in [0.2, 0.25) is 0 Å². The number of hydrogen-bond acceptors (Lipinski definition) is 3. The van der Waals surface area contributed by atoms with Crippen molar-refractivity contribution in [1.82, 2.24) is 0 Å². The molecule has 19 heavy (non-hydrogen) atoms. The number of carboxylic acid groups (broad SMARTS) is 1. The highest BCUT2D eigenvalue weighted by molar-refractivity contribution is 8.00. The average molecular weight is 282 g/mol. The maximum Gasteiger partial charge on any atom is 0.316 e. The van der Waals surface area contributed by atoms with Crippen LogP contribution in [0.25, 0.3) is 0 Å². The molecule has 0 heterocycles. The molecule has 4 heteroatoms. The van der Waals surface area contributed by atoms with Crippen molar-refractivity contribution >= 4 is 17.7 Å². The van der Waals surface area contributed by atoms with Crippen molar-refractivity contribution in [2.45, 2.75) is 38.4 Å². The van der Waals surface area contributed by atoms with Crippen LogP contribution in [0.1, 0.15) is 33.3 Å². The molecule has 3 nitrogen and oxygen atoms in total. The Labute approximate surface area is 119 Å². The van der Waals surface area contributed by atoms with Gasteiger partial charge in [-0.05, 0) is 30.0 Å². The summed E-state index contributed by atoms with van der Waals surface area (Å²) < 4.78 is 5.59. The van der Waals surface area contributed by atoms with E-state index in [2.05, 4.69) is 32.9 Å². The summed E-state index contributed by atoms with van der Waals surface area (Å²) in [5.74, 6) is 0.727. The molecule has 1 aromatic carbocycles. The highest BCUT2D eigenvalue weighted by Gasteiger charge is 2.13. The lowest BCUT2D eigenvalue weighted by Crippen LogP contribution is -2.14. The zero-order chi connectivity index (χ0) is 14.5. The lowest BCUT2D eigenvalue weighted by atomic mass is 9.87. The second-order valence-corrected chi connectivity index (χ2v) is 6.92. The molecule has 1 rings (SSSR count). The van der Waals surface area contributed by atoms with Gasteiger partial charge in [-0.2, -0.15) is 0 Å². The summed E-state index contributed by atoms with van der Waals surface area (Å²) in [6, 6.07) is 8.07. The van der Waals surface area contributed by atoms with Crippen LogP contribution in [0.5, 0.6) is 5.75 Å². The fraction of sp³-hybridized carbons (Fsp3) is 0.533. The Hall–Kier alpha value is -1.16. The van der Waals surface area contributed by atoms with E-state index in [1.165, 1.54) is 17.3 Å². The van der Waals surface area contributed by atoms with Gasteiger partial charge in [0.1, 0.15) is 5.75 Å². The standard InChI is InChI=1S/C15H22O3S/c1-11(14(16)17)19-10-9-18-13-7-5-12(6-8-13)15(2,3)4/h5-8,11H,9-10H2,1-4H3,(H,16,17). The molecule has 0 aliphatic heterocycles. The maximum absolute atomic E-state index is 10.6. The van der Waals surface area contributed by atoms with Crippen molar-refractivity contribution in [2.75, 3.05) is 12.4 Å². The summed E-state index contributed by atoms with van der Waals surface area (Å²) in [4.78, 5) is 10.6. The molecule has 106 valence electrons. The minimum absolute atomic E-state index is 0.144. The Bertz CT molecular complexity index is 406. The first-order valence-electron chi connectivity index (χ1n) is 6.38. The number of ether oxygens (including phenoxy) is 1. The fourth-order valence-electron chi connectivity index (χ4n) is 1.51. The minimum atomic E-state index is -0.778. The van der Waals surface area contributed by atoms with E-state index in [0.717, 1.165) is 5.75 Å². The summed E-state index contributed by atoms with van der Waals surface area (Å²) in [6.07, 6.45) is 0. The van der Waals surface area contributed by atoms with Gasteiger partial charge in [0.25, 0.3) is 0 Å². The SMILES string of the molecule is CC(SCCOc1ccc(C(C)(C)C)cc1)C(=O)O. The van der Waals surface area contributed by atoms with Crippen molar-refractivity contribution in [1.29, 1.82) is 0 Å². The van der Waals surface area contributed by atoms with Crippen molar-refractivity contribution in [3.05, 3.63) is 29.8 Å². The van der Waals surface area contributed by atoms with Gasteiger partial charge < -0.3 is 9.84 Å². The molecule has 1 atom stereocenters. The van der Waals surface area contributed by atoms with Crippen LogP contribution in [0.15, 0.2) is 24.3 Å². The molecule has 0 aliphatic rings. The van der Waals surface area contributed by atoms with Crippen LogP contribution in [0.4, 0.5) is 0 Å². The molecule has 0 saturated heterocycles. The van der Waals surface area contributed by atoms with Crippen LogP contribution < -0.4 is 4.74 Å². The molecule has 0 fully saturated rings. The Balaban J connectivity index is 2.37. The van der Waals surface area contributed by atoms with E-state index in [-0.39, 0.29) is 10.7 Å². The summed E-state index contributed by atoms with van der Waals surface area (Å²) in [7, 11) is 0. The van der Waals surface area contributed by atoms with Crippen LogP contribution in [0.3, 0.4) is 0 Å². The van der Waals surface area contributed by atoms with Gasteiger partial charge in [-0.15, -0.1) is 11.8 Å². The second kappa shape index (κ2) is 6.85. The molecule has 0 amide bonds. The summed E-state index contributed by atoms with van der Waals surface area (Å²) in [5, 5.41) is 8.36. The van der Waals surface area contributed by atoms with Gasteiger partial charge in [0.15, 0.2) is 0 Å². The Morgan fingerprint density at radius 1 is 1.32 bits per heavy atom. The third kappa shape index (κ3) is 5.55. The van der Waals surface area contributed by atoms with Gasteiger partial charge in [-0.1, -0.05) is 32.9 Å². The third-order valence-electron chi connectivity index (χ3n) is 2.79. The predicted octanol–water partition coefficient (Wildman–Crippen LogP) is 3.57. The van der Waals surface area contributed by atoms with E-state index in [1.807, 2.05) is 12.1 Å². The summed E-state index contributed by atoms with van der Waals surface area (Å²) in [5.41, 5.74) is 1.42. The van der Waals surface area contributed by atoms with E-state index >= 15 is 0 Å². The molecule has 0 aromatic heterocycles. The Morgan fingerprint density at radius 3 is 2.37 bits per heavy atom. The number of benzene rings is 1. The fourth-order valence-corrected chi connectivity index (χ4v) is 2.18. The number of aliphatic carboxylic acids is 1. The summed E-state index contributed by atoms with van der Waals surface area (Å²) >= 11 is 1.39. The molecule has 0 aliphatic carbocycles. The molecule has 1 aromatic rings. The van der Waals surface area contributed by atoms with Crippen molar-refractivity contribution in [3.8, 4) is 5.75 Å². The van der Waals surface area contributed by atoms with Gasteiger partial charge in [-0.3, -0.25) is 4.79 Å². The van der Waals surface area contributed by atoms with E-state index < -0.39 is 5.97 Å². The molecule has 0 radical (unpaired) electrons. The van der Waals surface area contributed by atoms with Crippen molar-refractivity contribution < 1.29 is 14.6 Å². The quantitative estimate of drug-likeness (QED) is 0.810. The normalized spacial score (nSPS) is 13.1. The van der Waals surface area contributed by atoms with Gasteiger partial charge in [0, 0.05) is 5.75 Å². The maximum atomic E-state index is 10.6. The zero-order valence-electron chi connectivity index (χ0n) is 12.0. The number of carboxylic acids is 1. The topological polar surface area (TPSA) is 46.5 Å². The Kier molecular flexibility index (Phi) is 5.73. The van der Waals surface area contributed by atoms with E-state index in [4.69, 9.17) is 9.84 Å². The second-order valence-electron chi connectivity index (χ2n) is 5.47. The van der Waals surface area contributed by atoms with Crippen LogP contribution in [-0.2, 0) is 10.2 Å². The predicted molar refractivity (Wildman–Crippen MR) is 80.2 cm³/mol. The molecular formula is C15H22O3S. The largest absolute Gasteiger partial charge is 0.493 e. The lowest BCUT2D eigenvalue weighted by Gasteiger charge is -2.19. The minimum Gasteiger partial charge on any atom is -0.493 e. The lowest BCUT2D eigenvalue weighted by molar-refractivity contribution is -0.136. The molecule has 0 saturated carbocycles. The number of thioether (sulfide) groups is 1. The van der Waals surface area contributed by atoms with Crippen LogP contribution in [0.2, 0.25) is 0 Å². The van der Waals surface area contributed by atoms with E-state index in [9.17, 15) is 4.79 Å². The highest BCUT2D eigenvalue weighted by Crippen LogP contribution is 2.24. The van der Waals surface area contributed by atoms with Gasteiger partial charge in [-0.25, -0.2) is 0 Å². The van der Waals surface area contributed by atoms with Gasteiger partial charge in [0.05, 0.1) is 11.9 Å². The third-order valence-corrected chi connectivity index (χ3v) is 3.89. The van der Waals surface area contributed by atoms with Gasteiger partial charge >= 0.3 is 5.97 Å². The Morgan fingerprint density at radius 2 is 1.89 bits per heavy atom. The smallest absolute Gasteiger partial charge is 0.316 e. The van der Waals surface area contributed by atoms with Crippen LogP contribution in [-0.4, -0.2) is 28.7 Å². The first-order valence-corrected chi connectivity index (χ1v) is 7.43. The van der Waals surface area contributed by atoms with Crippen molar-refractivity contribution in [3.63, 3.8) is 0 Å². The molecule has 1 unspecified atom stereocenters. The van der Waals surface area contributed by atoms with Crippen molar-refractivity contribution in [2.24, 2.45) is 0 Å². The number of hydrogen-bond donors (Lipinski definition) is 1. The molecule has 1 N–H and O–H groups in total. The summed E-state index contributed by atoms with van der Waals surface area (Å²) in [6.45, 7) is 8.73. The van der Waals surface area contributed by atoms with E-state index in [0.29, 0.717) is 12.4 Å². The molecule has 0 bridgehead atoms. The monoisotopic (exact) mass is 282 g/mol. The zero-order valence-corrected chi connectivity index (χ0v) is 12.8. The molecule has 0 spiro atoms. The first kappa shape index (κ1) is 15.9. The van der Waals surface area contributed by atoms with Crippen LogP contribution in [0, 0.1) is 0 Å². The van der Waals surface area contributed by atoms with E-state index in [1.54, 1.807) is 6.92 Å². The number of rotatable bonds is 6.